The van der Waals surface area contributed by atoms with Gasteiger partial charge in [0, 0.05) is 43.3 Å². The summed E-state index contributed by atoms with van der Waals surface area (Å²) in [5, 5.41) is 22.5. The van der Waals surface area contributed by atoms with E-state index in [4.69, 9.17) is 33.2 Å². The van der Waals surface area contributed by atoms with Crippen molar-refractivity contribution >= 4 is 40.0 Å². The highest BCUT2D eigenvalue weighted by Gasteiger charge is 2.30. The van der Waals surface area contributed by atoms with Crippen LogP contribution in [0.4, 0.5) is 0 Å². The predicted octanol–water partition coefficient (Wildman–Crippen LogP) is 2.53. The van der Waals surface area contributed by atoms with Gasteiger partial charge in [-0.2, -0.15) is 5.26 Å². The van der Waals surface area contributed by atoms with Crippen LogP contribution >= 0.6 is 23.2 Å². The summed E-state index contributed by atoms with van der Waals surface area (Å²) in [5.41, 5.74) is 2.40. The summed E-state index contributed by atoms with van der Waals surface area (Å²) >= 11 is 12.7. The number of rotatable bonds is 4. The number of benzene rings is 1. The number of ether oxygens (including phenoxy) is 1. The lowest BCUT2D eigenvalue weighted by Gasteiger charge is -2.16. The topological polar surface area (TPSA) is 87.3 Å². The fraction of sp³-hybridized carbons (Fsp3) is 0.412. The number of aliphatic hydroxyl groups excluding tert-OH is 1. The van der Waals surface area contributed by atoms with Crippen LogP contribution < -0.4 is 10.1 Å². The molecule has 6 nitrogen and oxygen atoms in total. The maximum Gasteiger partial charge on any atom is 0.224 e. The van der Waals surface area contributed by atoms with Gasteiger partial charge in [0.1, 0.15) is 11.8 Å². The van der Waals surface area contributed by atoms with Crippen LogP contribution in [0.3, 0.4) is 0 Å². The average Bonchev–Trinajstić information content (AvgIpc) is 2.75. The number of carbonyl (C=O) groups excluding carboxylic acids is 1. The molecule has 2 N–H and O–H groups in total. The van der Waals surface area contributed by atoms with E-state index in [0.717, 1.165) is 11.3 Å². The number of hydrogen-bond donors (Lipinski definition) is 2. The smallest absolute Gasteiger partial charge is 0.224 e. The van der Waals surface area contributed by atoms with Crippen LogP contribution in [0, 0.1) is 11.3 Å². The minimum Gasteiger partial charge on any atom is -0.478 e. The van der Waals surface area contributed by atoms with Gasteiger partial charge in [-0.05, 0) is 12.0 Å². The number of amides is 1. The lowest BCUT2D eigenvalue weighted by Crippen LogP contribution is -2.27. The first-order chi connectivity index (χ1) is 12.0. The van der Waals surface area contributed by atoms with Crippen molar-refractivity contribution in [3.05, 3.63) is 27.4 Å². The van der Waals surface area contributed by atoms with E-state index >= 15 is 0 Å². The Kier molecular flexibility index (Phi) is 5.09. The van der Waals surface area contributed by atoms with E-state index in [2.05, 4.69) is 5.32 Å². The van der Waals surface area contributed by atoms with E-state index in [-0.39, 0.29) is 31.5 Å². The summed E-state index contributed by atoms with van der Waals surface area (Å²) in [6, 6.07) is 3.51. The zero-order chi connectivity index (χ0) is 18.1. The van der Waals surface area contributed by atoms with Gasteiger partial charge in [-0.3, -0.25) is 4.79 Å². The van der Waals surface area contributed by atoms with E-state index in [9.17, 15) is 9.90 Å². The molecule has 1 aliphatic heterocycles. The zero-order valence-corrected chi connectivity index (χ0v) is 15.1. The fourth-order valence-electron chi connectivity index (χ4n) is 3.52. The summed E-state index contributed by atoms with van der Waals surface area (Å²) in [4.78, 5) is 12.2. The first-order valence-corrected chi connectivity index (χ1v) is 8.61. The Labute approximate surface area is 154 Å². The minimum absolute atomic E-state index is 0.00772. The standard InChI is InChI=1S/C17H17Cl2N3O3/c1-22-16-9(2-4-23)8-21-13(24)6-10(16)14-12(25-5-3-20)7-11(18)15(19)17(14)22/h7,9,23H,2,4-6,8H2,1H3,(H,21,24)/t9-/m1/s1. The molecule has 0 bridgehead atoms. The Morgan fingerprint density at radius 2 is 2.28 bits per heavy atom. The van der Waals surface area contributed by atoms with Gasteiger partial charge in [0.2, 0.25) is 5.91 Å². The molecule has 0 saturated carbocycles. The summed E-state index contributed by atoms with van der Waals surface area (Å²) in [6.07, 6.45) is 0.687. The molecular weight excluding hydrogens is 365 g/mol. The number of halogens is 2. The molecule has 0 spiro atoms. The third-order valence-electron chi connectivity index (χ3n) is 4.51. The number of hydrogen-bond acceptors (Lipinski definition) is 4. The molecule has 0 radical (unpaired) electrons. The van der Waals surface area contributed by atoms with Crippen LogP contribution in [0.25, 0.3) is 10.9 Å². The first-order valence-electron chi connectivity index (χ1n) is 7.86. The monoisotopic (exact) mass is 381 g/mol. The summed E-state index contributed by atoms with van der Waals surface area (Å²) in [5.74, 6) is 0.272. The fourth-order valence-corrected chi connectivity index (χ4v) is 3.99. The molecule has 0 saturated heterocycles. The molecule has 25 heavy (non-hydrogen) atoms. The molecule has 1 aromatic carbocycles. The third kappa shape index (κ3) is 3.04. The van der Waals surface area contributed by atoms with Crippen molar-refractivity contribution in [2.75, 3.05) is 19.8 Å². The molecule has 0 fully saturated rings. The molecule has 132 valence electrons. The lowest BCUT2D eigenvalue weighted by atomic mass is 9.97. The van der Waals surface area contributed by atoms with Crippen molar-refractivity contribution in [1.82, 2.24) is 9.88 Å². The number of carbonyl (C=O) groups is 1. The highest BCUT2D eigenvalue weighted by Crippen LogP contribution is 2.44. The molecule has 0 unspecified atom stereocenters. The number of nitrogens with one attached hydrogen (secondary N) is 1. The molecule has 0 aliphatic carbocycles. The Morgan fingerprint density at radius 3 is 2.96 bits per heavy atom. The number of aliphatic hydroxyl groups is 1. The van der Waals surface area contributed by atoms with Crippen molar-refractivity contribution in [1.29, 1.82) is 5.26 Å². The van der Waals surface area contributed by atoms with Crippen LogP contribution in [0.1, 0.15) is 23.6 Å². The van der Waals surface area contributed by atoms with Gasteiger partial charge in [-0.1, -0.05) is 23.2 Å². The van der Waals surface area contributed by atoms with Crippen LogP contribution in [-0.4, -0.2) is 35.3 Å². The molecule has 1 amide bonds. The molecule has 2 aromatic rings. The van der Waals surface area contributed by atoms with Gasteiger partial charge < -0.3 is 19.7 Å². The molecule has 1 aliphatic rings. The van der Waals surface area contributed by atoms with E-state index in [1.807, 2.05) is 17.7 Å². The van der Waals surface area contributed by atoms with E-state index in [1.165, 1.54) is 0 Å². The highest BCUT2D eigenvalue weighted by atomic mass is 35.5. The number of nitriles is 1. The Balaban J connectivity index is 2.35. The van der Waals surface area contributed by atoms with Gasteiger partial charge in [0.25, 0.3) is 0 Å². The van der Waals surface area contributed by atoms with E-state index in [1.54, 1.807) is 6.07 Å². The van der Waals surface area contributed by atoms with Gasteiger partial charge >= 0.3 is 0 Å². The Hall–Kier alpha value is -1.94. The maximum atomic E-state index is 12.2. The van der Waals surface area contributed by atoms with Crippen molar-refractivity contribution in [3.8, 4) is 11.8 Å². The van der Waals surface area contributed by atoms with Crippen LogP contribution in [0.5, 0.6) is 5.75 Å². The first kappa shape index (κ1) is 17.9. The quantitative estimate of drug-likeness (QED) is 0.851. The second-order valence-corrected chi connectivity index (χ2v) is 6.74. The maximum absolute atomic E-state index is 12.2. The molecule has 1 aromatic heterocycles. The Bertz CT molecular complexity index is 886. The van der Waals surface area contributed by atoms with Crippen LogP contribution in [-0.2, 0) is 18.3 Å². The second-order valence-electron chi connectivity index (χ2n) is 5.95. The average molecular weight is 382 g/mol. The number of aromatic nitrogens is 1. The van der Waals surface area contributed by atoms with Gasteiger partial charge in [-0.15, -0.1) is 0 Å². The van der Waals surface area contributed by atoms with Crippen molar-refractivity contribution in [2.24, 2.45) is 7.05 Å². The van der Waals surface area contributed by atoms with E-state index < -0.39 is 0 Å². The summed E-state index contributed by atoms with van der Waals surface area (Å²) in [7, 11) is 1.86. The van der Waals surface area contributed by atoms with Crippen molar-refractivity contribution in [3.63, 3.8) is 0 Å². The van der Waals surface area contributed by atoms with Gasteiger partial charge in [0.05, 0.1) is 22.0 Å². The predicted molar refractivity (Wildman–Crippen MR) is 95.2 cm³/mol. The summed E-state index contributed by atoms with van der Waals surface area (Å²) in [6.45, 7) is 0.313. The number of fused-ring (bicyclic) bond motifs is 3. The number of aryl methyl sites for hydroxylation is 1. The Morgan fingerprint density at radius 1 is 1.52 bits per heavy atom. The zero-order valence-electron chi connectivity index (χ0n) is 13.6. The summed E-state index contributed by atoms with van der Waals surface area (Å²) < 4.78 is 7.47. The van der Waals surface area contributed by atoms with E-state index in [0.29, 0.717) is 39.7 Å². The normalized spacial score (nSPS) is 16.9. The number of nitrogens with zero attached hydrogens (tertiary/aromatic N) is 2. The second kappa shape index (κ2) is 7.12. The highest BCUT2D eigenvalue weighted by molar-refractivity contribution is 6.45. The molecular formula is C17H17Cl2N3O3. The largest absolute Gasteiger partial charge is 0.478 e. The van der Waals surface area contributed by atoms with Gasteiger partial charge in [0.15, 0.2) is 6.61 Å². The van der Waals surface area contributed by atoms with Gasteiger partial charge in [-0.25, -0.2) is 0 Å². The molecule has 1 atom stereocenters. The molecule has 2 heterocycles. The van der Waals surface area contributed by atoms with Crippen LogP contribution in [0.2, 0.25) is 10.0 Å². The van der Waals surface area contributed by atoms with Crippen molar-refractivity contribution in [2.45, 2.75) is 18.8 Å². The third-order valence-corrected chi connectivity index (χ3v) is 5.28. The molecule has 8 heteroatoms. The SMILES string of the molecule is Cn1c2c(c3c(OCC#N)cc(Cl)c(Cl)c31)CC(=O)NC[C@H]2CCO. The lowest BCUT2D eigenvalue weighted by molar-refractivity contribution is -0.120. The van der Waals surface area contributed by atoms with Crippen LogP contribution in [0.15, 0.2) is 6.07 Å². The minimum atomic E-state index is -0.136. The molecule has 3 rings (SSSR count). The van der Waals surface area contributed by atoms with Crippen molar-refractivity contribution < 1.29 is 14.6 Å².